The van der Waals surface area contributed by atoms with Crippen molar-refractivity contribution < 1.29 is 18.9 Å². The predicted molar refractivity (Wildman–Crippen MR) is 172 cm³/mol. The summed E-state index contributed by atoms with van der Waals surface area (Å²) in [6.45, 7) is 4.15. The van der Waals surface area contributed by atoms with Crippen molar-refractivity contribution in [3.63, 3.8) is 0 Å². The lowest BCUT2D eigenvalue weighted by atomic mass is 9.95. The van der Waals surface area contributed by atoms with Gasteiger partial charge in [0.05, 0.1) is 33.4 Å². The van der Waals surface area contributed by atoms with Crippen molar-refractivity contribution in [2.24, 2.45) is 4.99 Å². The molecule has 0 saturated carbocycles. The second-order valence-electron chi connectivity index (χ2n) is 10.0. The number of nitro groups is 1. The Labute approximate surface area is 265 Å². The van der Waals surface area contributed by atoms with Gasteiger partial charge in [-0.05, 0) is 67.9 Å². The van der Waals surface area contributed by atoms with E-state index < -0.39 is 11.0 Å². The molecule has 1 N–H and O–H groups in total. The summed E-state index contributed by atoms with van der Waals surface area (Å²) < 4.78 is 13.4. The molecule has 1 amide bonds. The number of halogens is 1. The lowest BCUT2D eigenvalue weighted by Gasteiger charge is -2.25. The molecule has 2 aromatic heterocycles. The van der Waals surface area contributed by atoms with Crippen molar-refractivity contribution in [1.29, 1.82) is 0 Å². The minimum atomic E-state index is -0.760. The van der Waals surface area contributed by atoms with Gasteiger partial charge in [-0.3, -0.25) is 24.3 Å². The highest BCUT2D eigenvalue weighted by molar-refractivity contribution is 7.07. The van der Waals surface area contributed by atoms with E-state index in [1.54, 1.807) is 43.3 Å². The number of nitrogens with one attached hydrogen (secondary N) is 1. The van der Waals surface area contributed by atoms with Gasteiger partial charge in [0.15, 0.2) is 4.80 Å². The largest absolute Gasteiger partial charge is 0.494 e. The van der Waals surface area contributed by atoms with Crippen molar-refractivity contribution in [1.82, 2.24) is 4.57 Å². The molecule has 3 aromatic carbocycles. The van der Waals surface area contributed by atoms with Gasteiger partial charge in [-0.2, -0.15) is 0 Å². The molecule has 0 aliphatic carbocycles. The van der Waals surface area contributed by atoms with Crippen molar-refractivity contribution in [3.8, 4) is 17.1 Å². The number of hydrogen-bond donors (Lipinski definition) is 1. The lowest BCUT2D eigenvalue weighted by molar-refractivity contribution is -0.384. The van der Waals surface area contributed by atoms with Gasteiger partial charge in [0.25, 0.3) is 17.2 Å². The smallest absolute Gasteiger partial charge is 0.288 e. The van der Waals surface area contributed by atoms with E-state index in [9.17, 15) is 19.7 Å². The molecular formula is C33H25ClN4O6S. The van der Waals surface area contributed by atoms with Gasteiger partial charge in [0.1, 0.15) is 22.3 Å². The van der Waals surface area contributed by atoms with Crippen LogP contribution in [0.3, 0.4) is 0 Å². The van der Waals surface area contributed by atoms with Gasteiger partial charge in [0.2, 0.25) is 0 Å². The molecule has 0 spiro atoms. The van der Waals surface area contributed by atoms with Crippen LogP contribution in [0.2, 0.25) is 5.02 Å². The normalized spacial score (nSPS) is 14.6. The zero-order valence-corrected chi connectivity index (χ0v) is 25.6. The quantitative estimate of drug-likeness (QED) is 0.161. The summed E-state index contributed by atoms with van der Waals surface area (Å²) in [7, 11) is 0. The van der Waals surface area contributed by atoms with Crippen molar-refractivity contribution >= 4 is 46.3 Å². The molecular weight excluding hydrogens is 616 g/mol. The van der Waals surface area contributed by atoms with E-state index in [1.807, 2.05) is 49.4 Å². The number of anilines is 1. The van der Waals surface area contributed by atoms with Crippen molar-refractivity contribution in [2.75, 3.05) is 11.9 Å². The summed E-state index contributed by atoms with van der Waals surface area (Å²) in [5, 5.41) is 14.3. The molecule has 1 aliphatic rings. The molecule has 45 heavy (non-hydrogen) atoms. The number of nitro benzene ring substituents is 1. The summed E-state index contributed by atoms with van der Waals surface area (Å²) >= 11 is 7.13. The minimum Gasteiger partial charge on any atom is -0.494 e. The number of thiazole rings is 1. The first kappa shape index (κ1) is 29.8. The molecule has 0 fully saturated rings. The van der Waals surface area contributed by atoms with Gasteiger partial charge < -0.3 is 14.5 Å². The van der Waals surface area contributed by atoms with E-state index in [4.69, 9.17) is 20.8 Å². The number of aromatic nitrogens is 1. The number of para-hydroxylation sites is 1. The number of ether oxygens (including phenoxy) is 1. The van der Waals surface area contributed by atoms with Crippen LogP contribution < -0.4 is 24.9 Å². The van der Waals surface area contributed by atoms with Crippen LogP contribution in [0.5, 0.6) is 5.75 Å². The Hall–Kier alpha value is -5.26. The molecule has 1 aliphatic heterocycles. The SMILES string of the molecule is CCOc1ccc([C@@H]2C(C(=O)Nc3ccccc3)=C(C)N=c3s/c(=C\c4ccc(-c5ccc(Cl)c([N+](=O)[O-])c5)o4)c(=O)n32)cc1. The van der Waals surface area contributed by atoms with Gasteiger partial charge >= 0.3 is 0 Å². The molecule has 10 nitrogen and oxygen atoms in total. The molecule has 12 heteroatoms. The first-order valence-corrected chi connectivity index (χ1v) is 15.1. The number of benzene rings is 3. The molecule has 1 atom stereocenters. The van der Waals surface area contributed by atoms with Gasteiger partial charge in [0, 0.05) is 23.4 Å². The Morgan fingerprint density at radius 1 is 1.13 bits per heavy atom. The number of hydrogen-bond acceptors (Lipinski definition) is 8. The van der Waals surface area contributed by atoms with Crippen molar-refractivity contribution in [2.45, 2.75) is 19.9 Å². The maximum atomic E-state index is 14.0. The maximum absolute atomic E-state index is 14.0. The van der Waals surface area contributed by atoms with Gasteiger partial charge in [-0.1, -0.05) is 53.3 Å². The number of carbonyl (C=O) groups excluding carboxylic acids is 1. The fraction of sp³-hybridized carbons (Fsp3) is 0.121. The number of furan rings is 1. The number of allylic oxidation sites excluding steroid dienone is 1. The first-order valence-electron chi connectivity index (χ1n) is 13.9. The highest BCUT2D eigenvalue weighted by atomic mass is 35.5. The molecule has 5 aromatic rings. The van der Waals surface area contributed by atoms with Crippen LogP contribution >= 0.6 is 22.9 Å². The van der Waals surface area contributed by atoms with Crippen LogP contribution in [0, 0.1) is 10.1 Å². The van der Waals surface area contributed by atoms with Gasteiger partial charge in [-0.15, -0.1) is 0 Å². The van der Waals surface area contributed by atoms with E-state index >= 15 is 0 Å². The first-order chi connectivity index (χ1) is 21.7. The summed E-state index contributed by atoms with van der Waals surface area (Å²) in [5.41, 5.74) is 2.03. The zero-order valence-electron chi connectivity index (χ0n) is 24.0. The van der Waals surface area contributed by atoms with E-state index in [0.29, 0.717) is 61.3 Å². The molecule has 3 heterocycles. The summed E-state index contributed by atoms with van der Waals surface area (Å²) in [6.07, 6.45) is 1.59. The van der Waals surface area contributed by atoms with Crippen LogP contribution in [-0.4, -0.2) is 22.0 Å². The molecule has 0 unspecified atom stereocenters. The van der Waals surface area contributed by atoms with Crippen LogP contribution in [-0.2, 0) is 4.79 Å². The van der Waals surface area contributed by atoms with E-state index in [-0.39, 0.29) is 22.2 Å². The molecule has 6 rings (SSSR count). The van der Waals surface area contributed by atoms with E-state index in [1.165, 1.54) is 28.0 Å². The summed E-state index contributed by atoms with van der Waals surface area (Å²) in [4.78, 5) is 43.6. The third kappa shape index (κ3) is 5.95. The van der Waals surface area contributed by atoms with E-state index in [2.05, 4.69) is 10.3 Å². The number of fused-ring (bicyclic) bond motifs is 1. The van der Waals surface area contributed by atoms with E-state index in [0.717, 1.165) is 0 Å². The molecule has 0 radical (unpaired) electrons. The second-order valence-corrected chi connectivity index (χ2v) is 11.4. The topological polar surface area (TPSA) is 129 Å². The highest BCUT2D eigenvalue weighted by Crippen LogP contribution is 2.33. The number of rotatable bonds is 8. The Bertz CT molecular complexity index is 2150. The zero-order chi connectivity index (χ0) is 31.7. The Kier molecular flexibility index (Phi) is 8.20. The molecule has 226 valence electrons. The Balaban J connectivity index is 1.43. The second kappa shape index (κ2) is 12.4. The third-order valence-corrected chi connectivity index (χ3v) is 8.43. The summed E-state index contributed by atoms with van der Waals surface area (Å²) in [5.74, 6) is 1.03. The predicted octanol–water partition coefficient (Wildman–Crippen LogP) is 6.09. The number of amides is 1. The van der Waals surface area contributed by atoms with Crippen LogP contribution in [0.15, 0.2) is 110 Å². The highest BCUT2D eigenvalue weighted by Gasteiger charge is 2.32. The Morgan fingerprint density at radius 3 is 2.60 bits per heavy atom. The average molecular weight is 641 g/mol. The lowest BCUT2D eigenvalue weighted by Crippen LogP contribution is -2.40. The van der Waals surface area contributed by atoms with Crippen LogP contribution in [0.25, 0.3) is 17.4 Å². The Morgan fingerprint density at radius 2 is 1.89 bits per heavy atom. The minimum absolute atomic E-state index is 0.0193. The third-order valence-electron chi connectivity index (χ3n) is 7.13. The van der Waals surface area contributed by atoms with Crippen molar-refractivity contribution in [3.05, 3.63) is 142 Å². The maximum Gasteiger partial charge on any atom is 0.288 e. The average Bonchev–Trinajstić information content (AvgIpc) is 3.61. The fourth-order valence-corrected chi connectivity index (χ4v) is 6.29. The molecule has 0 bridgehead atoms. The summed E-state index contributed by atoms with van der Waals surface area (Å²) in [6, 6.07) is 23.3. The molecule has 0 saturated heterocycles. The fourth-order valence-electron chi connectivity index (χ4n) is 5.08. The van der Waals surface area contributed by atoms with Crippen LogP contribution in [0.1, 0.15) is 31.2 Å². The standard InChI is InChI=1S/C33H25ClN4O6S/c1-3-43-23-12-9-20(10-13-23)30-29(31(39)36-22-7-5-4-6-8-22)19(2)35-33-37(30)32(40)28(45-33)18-24-14-16-27(44-24)21-11-15-25(34)26(17-21)38(41)42/h4-18,30H,3H2,1-2H3,(H,36,39)/b28-18-/t30-/m1/s1. The monoisotopic (exact) mass is 640 g/mol. The number of carbonyl (C=O) groups is 1. The van der Waals surface area contributed by atoms with Crippen LogP contribution in [0.4, 0.5) is 11.4 Å². The van der Waals surface area contributed by atoms with Gasteiger partial charge in [-0.25, -0.2) is 4.99 Å². The number of nitrogens with zero attached hydrogens (tertiary/aromatic N) is 3.